The molecule has 0 fully saturated rings. The largest absolute Gasteiger partial charge is 0.390 e. The molecule has 1 amide bonds. The van der Waals surface area contributed by atoms with Gasteiger partial charge in [0, 0.05) is 23.5 Å². The molecule has 0 aliphatic heterocycles. The van der Waals surface area contributed by atoms with Gasteiger partial charge in [0.2, 0.25) is 0 Å². The molecule has 0 heterocycles. The summed E-state index contributed by atoms with van der Waals surface area (Å²) in [6.07, 6.45) is 2.43. The topological polar surface area (TPSA) is 64.9 Å². The van der Waals surface area contributed by atoms with Crippen LogP contribution in [-0.4, -0.2) is 12.5 Å². The third-order valence-corrected chi connectivity index (χ3v) is 2.83. The van der Waals surface area contributed by atoms with Crippen LogP contribution in [0.2, 0.25) is 5.02 Å². The molecule has 0 radical (unpaired) electrons. The van der Waals surface area contributed by atoms with Crippen molar-refractivity contribution in [1.82, 2.24) is 5.32 Å². The first-order valence-electron chi connectivity index (χ1n) is 6.43. The van der Waals surface area contributed by atoms with E-state index in [1.807, 2.05) is 6.07 Å². The van der Waals surface area contributed by atoms with Crippen LogP contribution in [0.4, 0.5) is 5.69 Å². The number of nitriles is 1. The summed E-state index contributed by atoms with van der Waals surface area (Å²) in [4.78, 5) is 11.9. The maximum Gasteiger partial charge on any atom is 0.267 e. The van der Waals surface area contributed by atoms with E-state index < -0.39 is 5.91 Å². The van der Waals surface area contributed by atoms with Crippen molar-refractivity contribution in [2.75, 3.05) is 11.9 Å². The van der Waals surface area contributed by atoms with Crippen LogP contribution in [0.1, 0.15) is 20.3 Å². The van der Waals surface area contributed by atoms with Crippen LogP contribution in [0, 0.1) is 17.2 Å². The predicted molar refractivity (Wildman–Crippen MR) is 81.2 cm³/mol. The van der Waals surface area contributed by atoms with Crippen molar-refractivity contribution in [2.24, 2.45) is 5.92 Å². The zero-order valence-electron chi connectivity index (χ0n) is 11.6. The molecular formula is C15H18ClN3O. The van der Waals surface area contributed by atoms with Gasteiger partial charge in [-0.1, -0.05) is 25.4 Å². The van der Waals surface area contributed by atoms with Crippen molar-refractivity contribution >= 4 is 23.2 Å². The third kappa shape index (κ3) is 5.77. The molecule has 0 saturated heterocycles. The molecule has 4 nitrogen and oxygen atoms in total. The van der Waals surface area contributed by atoms with Crippen molar-refractivity contribution in [3.63, 3.8) is 0 Å². The highest BCUT2D eigenvalue weighted by atomic mass is 35.5. The van der Waals surface area contributed by atoms with Gasteiger partial charge in [0.05, 0.1) is 0 Å². The van der Waals surface area contributed by atoms with Gasteiger partial charge in [-0.15, -0.1) is 0 Å². The van der Waals surface area contributed by atoms with Crippen molar-refractivity contribution < 1.29 is 4.79 Å². The molecule has 0 saturated carbocycles. The smallest absolute Gasteiger partial charge is 0.267 e. The summed E-state index contributed by atoms with van der Waals surface area (Å²) in [6.45, 7) is 4.96. The van der Waals surface area contributed by atoms with Gasteiger partial charge in [0.25, 0.3) is 5.91 Å². The lowest BCUT2D eigenvalue weighted by molar-refractivity contribution is -0.112. The maximum absolute atomic E-state index is 11.9. The Balaban J connectivity index is 2.56. The zero-order chi connectivity index (χ0) is 15.0. The molecule has 1 aromatic carbocycles. The number of halogens is 1. The number of rotatable bonds is 6. The van der Waals surface area contributed by atoms with E-state index >= 15 is 0 Å². The number of benzene rings is 1. The van der Waals surface area contributed by atoms with E-state index in [4.69, 9.17) is 16.9 Å². The molecule has 1 rings (SSSR count). The summed E-state index contributed by atoms with van der Waals surface area (Å²) in [5, 5.41) is 15.2. The van der Waals surface area contributed by atoms with Gasteiger partial charge in [-0.25, -0.2) is 0 Å². The fourth-order valence-corrected chi connectivity index (χ4v) is 1.55. The van der Waals surface area contributed by atoms with Gasteiger partial charge >= 0.3 is 0 Å². The van der Waals surface area contributed by atoms with Gasteiger partial charge in [-0.3, -0.25) is 4.79 Å². The minimum atomic E-state index is -0.438. The van der Waals surface area contributed by atoms with Crippen LogP contribution in [-0.2, 0) is 4.79 Å². The number of nitrogens with one attached hydrogen (secondary N) is 2. The molecule has 1 aromatic rings. The van der Waals surface area contributed by atoms with Gasteiger partial charge in [-0.05, 0) is 36.6 Å². The van der Waals surface area contributed by atoms with Crippen molar-refractivity contribution in [3.05, 3.63) is 41.1 Å². The average molecular weight is 292 g/mol. The number of carbonyl (C=O) groups is 1. The van der Waals surface area contributed by atoms with Crippen molar-refractivity contribution in [2.45, 2.75) is 20.3 Å². The number of anilines is 1. The lowest BCUT2D eigenvalue weighted by atomic mass is 10.1. The minimum Gasteiger partial charge on any atom is -0.390 e. The summed E-state index contributed by atoms with van der Waals surface area (Å²) < 4.78 is 0. The summed E-state index contributed by atoms with van der Waals surface area (Å²) in [6, 6.07) is 8.59. The Morgan fingerprint density at radius 3 is 2.60 bits per heavy atom. The highest BCUT2D eigenvalue weighted by Gasteiger charge is 2.08. The Kier molecular flexibility index (Phi) is 6.61. The van der Waals surface area contributed by atoms with Crippen molar-refractivity contribution in [1.29, 1.82) is 5.26 Å². The second-order valence-corrected chi connectivity index (χ2v) is 5.20. The monoisotopic (exact) mass is 291 g/mol. The normalized spacial score (nSPS) is 11.1. The number of carbonyl (C=O) groups excluding carboxylic acids is 1. The quantitative estimate of drug-likeness (QED) is 0.480. The van der Waals surface area contributed by atoms with Gasteiger partial charge in [0.1, 0.15) is 11.6 Å². The van der Waals surface area contributed by atoms with E-state index in [9.17, 15) is 4.79 Å². The van der Waals surface area contributed by atoms with E-state index in [1.165, 1.54) is 6.20 Å². The molecule has 0 bridgehead atoms. The first-order chi connectivity index (χ1) is 9.52. The Morgan fingerprint density at radius 1 is 1.40 bits per heavy atom. The number of nitrogens with zero attached hydrogens (tertiary/aromatic N) is 1. The second kappa shape index (κ2) is 8.23. The van der Waals surface area contributed by atoms with E-state index in [0.29, 0.717) is 16.6 Å². The Labute approximate surface area is 124 Å². The Hall–Kier alpha value is -1.99. The molecule has 0 atom stereocenters. The Morgan fingerprint density at radius 2 is 2.05 bits per heavy atom. The molecule has 106 valence electrons. The summed E-state index contributed by atoms with van der Waals surface area (Å²) in [5.41, 5.74) is 0.645. The summed E-state index contributed by atoms with van der Waals surface area (Å²) >= 11 is 5.76. The first kappa shape index (κ1) is 16.1. The standard InChI is InChI=1S/C15H18ClN3O/c1-11(2)7-8-18-10-12(9-17)15(20)19-14-5-3-13(16)4-6-14/h3-6,10-11,18H,7-8H2,1-2H3,(H,19,20)/b12-10-. The van der Waals surface area contributed by atoms with Gasteiger partial charge in [0.15, 0.2) is 0 Å². The van der Waals surface area contributed by atoms with E-state index in [0.717, 1.165) is 13.0 Å². The molecule has 0 aliphatic rings. The number of hydrogen-bond acceptors (Lipinski definition) is 3. The first-order valence-corrected chi connectivity index (χ1v) is 6.81. The SMILES string of the molecule is CC(C)CCN/C=C(/C#N)C(=O)Nc1ccc(Cl)cc1. The molecule has 2 N–H and O–H groups in total. The fourth-order valence-electron chi connectivity index (χ4n) is 1.43. The van der Waals surface area contributed by atoms with E-state index in [1.54, 1.807) is 24.3 Å². The summed E-state index contributed by atoms with van der Waals surface area (Å²) in [5.74, 6) is 0.135. The van der Waals surface area contributed by atoms with Crippen molar-refractivity contribution in [3.8, 4) is 6.07 Å². The van der Waals surface area contributed by atoms with Crippen LogP contribution < -0.4 is 10.6 Å². The Bertz CT molecular complexity index is 515. The zero-order valence-corrected chi connectivity index (χ0v) is 12.4. The fraction of sp³-hybridized carbons (Fsp3) is 0.333. The predicted octanol–water partition coefficient (Wildman–Crippen LogP) is 3.32. The van der Waals surface area contributed by atoms with E-state index in [2.05, 4.69) is 24.5 Å². The van der Waals surface area contributed by atoms with Crippen LogP contribution in [0.5, 0.6) is 0 Å². The molecular weight excluding hydrogens is 274 g/mol. The molecule has 20 heavy (non-hydrogen) atoms. The van der Waals surface area contributed by atoms with Crippen LogP contribution in [0.3, 0.4) is 0 Å². The second-order valence-electron chi connectivity index (χ2n) is 4.77. The van der Waals surface area contributed by atoms with E-state index in [-0.39, 0.29) is 5.57 Å². The average Bonchev–Trinajstić information content (AvgIpc) is 2.41. The molecule has 0 unspecified atom stereocenters. The minimum absolute atomic E-state index is 0.0451. The molecule has 0 spiro atoms. The molecule has 5 heteroatoms. The van der Waals surface area contributed by atoms with Gasteiger partial charge in [-0.2, -0.15) is 5.26 Å². The maximum atomic E-state index is 11.9. The molecule has 0 aromatic heterocycles. The van der Waals surface area contributed by atoms with Crippen LogP contribution in [0.15, 0.2) is 36.0 Å². The number of amides is 1. The van der Waals surface area contributed by atoms with Crippen LogP contribution in [0.25, 0.3) is 0 Å². The van der Waals surface area contributed by atoms with Gasteiger partial charge < -0.3 is 10.6 Å². The van der Waals surface area contributed by atoms with Crippen LogP contribution >= 0.6 is 11.6 Å². The lowest BCUT2D eigenvalue weighted by Gasteiger charge is -2.06. The molecule has 0 aliphatic carbocycles. The lowest BCUT2D eigenvalue weighted by Crippen LogP contribution is -2.17. The highest BCUT2D eigenvalue weighted by molar-refractivity contribution is 6.30. The highest BCUT2D eigenvalue weighted by Crippen LogP contribution is 2.14. The number of hydrogen-bond donors (Lipinski definition) is 2. The summed E-state index contributed by atoms with van der Waals surface area (Å²) in [7, 11) is 0. The third-order valence-electron chi connectivity index (χ3n) is 2.58.